The predicted octanol–water partition coefficient (Wildman–Crippen LogP) is 1.95. The number of nitro benzene ring substituents is 1. The van der Waals surface area contributed by atoms with Gasteiger partial charge in [0.05, 0.1) is 24.7 Å². The van der Waals surface area contributed by atoms with Crippen LogP contribution in [0.15, 0.2) is 24.3 Å². The van der Waals surface area contributed by atoms with E-state index in [0.29, 0.717) is 19.8 Å². The molecule has 2 aromatic rings. The van der Waals surface area contributed by atoms with Crippen molar-refractivity contribution < 1.29 is 24.1 Å². The van der Waals surface area contributed by atoms with Crippen molar-refractivity contribution in [3.8, 4) is 11.5 Å². The van der Waals surface area contributed by atoms with Crippen LogP contribution < -0.4 is 19.7 Å². The number of rotatable bonds is 4. The quantitative estimate of drug-likeness (QED) is 0.591. The van der Waals surface area contributed by atoms with Crippen LogP contribution in [-0.4, -0.2) is 37.1 Å². The third-order valence-corrected chi connectivity index (χ3v) is 5.75. The summed E-state index contributed by atoms with van der Waals surface area (Å²) < 4.78 is 11.6. The van der Waals surface area contributed by atoms with E-state index in [-0.39, 0.29) is 23.8 Å². The van der Waals surface area contributed by atoms with Crippen molar-refractivity contribution in [1.82, 2.24) is 0 Å². The van der Waals surface area contributed by atoms with Crippen molar-refractivity contribution in [3.63, 3.8) is 0 Å². The topological polar surface area (TPSA) is 95.1 Å². The van der Waals surface area contributed by atoms with E-state index in [2.05, 4.69) is 11.4 Å². The predicted molar refractivity (Wildman–Crippen MR) is 111 cm³/mol. The molecule has 1 amide bonds. The minimum absolute atomic E-state index is 0.0784. The van der Waals surface area contributed by atoms with Crippen LogP contribution in [0.3, 0.4) is 0 Å². The number of hydrogen-bond acceptors (Lipinski definition) is 5. The number of aryl methyl sites for hydroxylation is 2. The van der Waals surface area contributed by atoms with Crippen molar-refractivity contribution in [1.29, 1.82) is 0 Å². The maximum Gasteiger partial charge on any atom is 0.293 e. The number of hydrogen-bond donors (Lipinski definition) is 2. The first-order valence-corrected chi connectivity index (χ1v) is 10.2. The van der Waals surface area contributed by atoms with Gasteiger partial charge in [-0.3, -0.25) is 14.9 Å². The SMILES string of the molecule is Cc1cc(NC(=O)C[NH+]2CCc3cc4c(cc3C2)OCCCO4)c([N+](=O)[O-])cc1C. The molecule has 0 saturated heterocycles. The Balaban J connectivity index is 1.45. The number of benzene rings is 2. The van der Waals surface area contributed by atoms with Gasteiger partial charge in [-0.25, -0.2) is 0 Å². The average Bonchev–Trinajstić information content (AvgIpc) is 2.93. The van der Waals surface area contributed by atoms with Gasteiger partial charge in [0.2, 0.25) is 0 Å². The lowest BCUT2D eigenvalue weighted by Crippen LogP contribution is -3.12. The molecule has 0 aliphatic carbocycles. The zero-order valence-corrected chi connectivity index (χ0v) is 17.2. The summed E-state index contributed by atoms with van der Waals surface area (Å²) >= 11 is 0. The normalized spacial score (nSPS) is 17.6. The first-order chi connectivity index (χ1) is 14.4. The number of fused-ring (bicyclic) bond motifs is 2. The van der Waals surface area contributed by atoms with Gasteiger partial charge in [-0.1, -0.05) is 0 Å². The Bertz CT molecular complexity index is 1000. The fourth-order valence-corrected chi connectivity index (χ4v) is 3.98. The molecule has 0 aromatic heterocycles. The molecule has 158 valence electrons. The Morgan fingerprint density at radius 1 is 1.10 bits per heavy atom. The monoisotopic (exact) mass is 412 g/mol. The van der Waals surface area contributed by atoms with Crippen LogP contribution in [0.5, 0.6) is 11.5 Å². The van der Waals surface area contributed by atoms with Gasteiger partial charge >= 0.3 is 0 Å². The summed E-state index contributed by atoms with van der Waals surface area (Å²) in [6.07, 6.45) is 1.71. The Kier molecular flexibility index (Phi) is 5.59. The lowest BCUT2D eigenvalue weighted by molar-refractivity contribution is -0.907. The smallest absolute Gasteiger partial charge is 0.293 e. The third kappa shape index (κ3) is 4.23. The van der Waals surface area contributed by atoms with E-state index < -0.39 is 4.92 Å². The summed E-state index contributed by atoms with van der Waals surface area (Å²) in [7, 11) is 0. The highest BCUT2D eigenvalue weighted by Gasteiger charge is 2.26. The van der Waals surface area contributed by atoms with Crippen LogP contribution in [0.4, 0.5) is 11.4 Å². The fraction of sp³-hybridized carbons (Fsp3) is 0.409. The van der Waals surface area contributed by atoms with Gasteiger partial charge in [0, 0.05) is 24.5 Å². The van der Waals surface area contributed by atoms with Gasteiger partial charge in [0.15, 0.2) is 18.0 Å². The molecule has 2 aliphatic heterocycles. The average molecular weight is 412 g/mol. The van der Waals surface area contributed by atoms with E-state index in [9.17, 15) is 14.9 Å². The molecular weight excluding hydrogens is 386 g/mol. The molecule has 2 aromatic carbocycles. The summed E-state index contributed by atoms with van der Waals surface area (Å²) in [4.78, 5) is 24.7. The van der Waals surface area contributed by atoms with E-state index in [4.69, 9.17) is 9.47 Å². The Morgan fingerprint density at radius 3 is 2.47 bits per heavy atom. The summed E-state index contributed by atoms with van der Waals surface area (Å²) in [6, 6.07) is 7.26. The molecule has 8 heteroatoms. The van der Waals surface area contributed by atoms with Gasteiger partial charge in [0.1, 0.15) is 12.2 Å². The summed E-state index contributed by atoms with van der Waals surface area (Å²) in [6.45, 7) is 6.75. The first-order valence-electron chi connectivity index (χ1n) is 10.2. The van der Waals surface area contributed by atoms with Crippen LogP contribution in [0.2, 0.25) is 0 Å². The van der Waals surface area contributed by atoms with Crippen molar-refractivity contribution >= 4 is 17.3 Å². The molecule has 0 saturated carbocycles. The lowest BCUT2D eigenvalue weighted by atomic mass is 9.99. The van der Waals surface area contributed by atoms with Crippen LogP contribution in [-0.2, 0) is 17.8 Å². The van der Waals surface area contributed by atoms with E-state index >= 15 is 0 Å². The molecule has 0 bridgehead atoms. The molecule has 0 fully saturated rings. The highest BCUT2D eigenvalue weighted by Crippen LogP contribution is 2.33. The van der Waals surface area contributed by atoms with Crippen LogP contribution >= 0.6 is 0 Å². The van der Waals surface area contributed by atoms with E-state index in [1.807, 2.05) is 19.9 Å². The zero-order chi connectivity index (χ0) is 21.3. The van der Waals surface area contributed by atoms with Crippen LogP contribution in [0.1, 0.15) is 28.7 Å². The van der Waals surface area contributed by atoms with Gasteiger partial charge in [-0.05, 0) is 48.7 Å². The number of carbonyl (C=O) groups excluding carboxylic acids is 1. The number of nitrogens with one attached hydrogen (secondary N) is 2. The van der Waals surface area contributed by atoms with Crippen LogP contribution in [0.25, 0.3) is 0 Å². The van der Waals surface area contributed by atoms with E-state index in [1.165, 1.54) is 11.6 Å². The number of amides is 1. The number of nitro groups is 1. The lowest BCUT2D eigenvalue weighted by Gasteiger charge is -2.26. The fourth-order valence-electron chi connectivity index (χ4n) is 3.98. The summed E-state index contributed by atoms with van der Waals surface area (Å²) in [5.41, 5.74) is 4.28. The minimum Gasteiger partial charge on any atom is -0.490 e. The molecule has 8 nitrogen and oxygen atoms in total. The molecule has 0 radical (unpaired) electrons. The first kappa shape index (κ1) is 20.2. The summed E-state index contributed by atoms with van der Waals surface area (Å²) in [5, 5.41) is 14.1. The molecular formula is C22H26N3O5+. The van der Waals surface area contributed by atoms with Gasteiger partial charge < -0.3 is 19.7 Å². The Morgan fingerprint density at radius 2 is 1.77 bits per heavy atom. The molecule has 1 unspecified atom stereocenters. The van der Waals surface area contributed by atoms with Gasteiger partial charge in [-0.2, -0.15) is 0 Å². The molecule has 2 N–H and O–H groups in total. The molecule has 4 rings (SSSR count). The second kappa shape index (κ2) is 8.31. The molecule has 30 heavy (non-hydrogen) atoms. The Labute approximate surface area is 174 Å². The largest absolute Gasteiger partial charge is 0.490 e. The van der Waals surface area contributed by atoms with Gasteiger partial charge in [-0.15, -0.1) is 0 Å². The Hall–Kier alpha value is -3.13. The van der Waals surface area contributed by atoms with E-state index in [0.717, 1.165) is 52.5 Å². The number of ether oxygens (including phenoxy) is 2. The van der Waals surface area contributed by atoms with Gasteiger partial charge in [0.25, 0.3) is 11.6 Å². The molecule has 0 spiro atoms. The zero-order valence-electron chi connectivity index (χ0n) is 17.2. The minimum atomic E-state index is -0.458. The number of anilines is 1. The molecule has 2 aliphatic rings. The molecule has 2 heterocycles. The number of nitrogens with zero attached hydrogens (tertiary/aromatic N) is 1. The summed E-state index contributed by atoms with van der Waals surface area (Å²) in [5.74, 6) is 1.34. The van der Waals surface area contributed by atoms with Crippen LogP contribution in [0, 0.1) is 24.0 Å². The molecule has 1 atom stereocenters. The number of quaternary nitrogens is 1. The number of carbonyl (C=O) groups is 1. The maximum atomic E-state index is 12.6. The van der Waals surface area contributed by atoms with Crippen molar-refractivity contribution in [3.05, 3.63) is 56.6 Å². The van der Waals surface area contributed by atoms with Crippen molar-refractivity contribution in [2.75, 3.05) is 31.6 Å². The van der Waals surface area contributed by atoms with Crippen molar-refractivity contribution in [2.24, 2.45) is 0 Å². The highest BCUT2D eigenvalue weighted by molar-refractivity contribution is 5.94. The third-order valence-electron chi connectivity index (χ3n) is 5.75. The standard InChI is InChI=1S/C22H25N3O5/c1-14-8-18(19(25(27)28)9-15(14)2)23-22(26)13-24-5-4-16-10-20-21(11-17(16)12-24)30-7-3-6-29-20/h8-11H,3-7,12-13H2,1-2H3,(H,23,26)/p+1. The second-order valence-corrected chi connectivity index (χ2v) is 7.98. The van der Waals surface area contributed by atoms with E-state index in [1.54, 1.807) is 6.07 Å². The maximum absolute atomic E-state index is 12.6. The van der Waals surface area contributed by atoms with Crippen molar-refractivity contribution in [2.45, 2.75) is 33.2 Å². The second-order valence-electron chi connectivity index (χ2n) is 7.98. The highest BCUT2D eigenvalue weighted by atomic mass is 16.6.